The van der Waals surface area contributed by atoms with E-state index in [1.165, 1.54) is 0 Å². The van der Waals surface area contributed by atoms with Gasteiger partial charge in [0.1, 0.15) is 0 Å². The molecular weight excluding hydrogens is 262 g/mol. The van der Waals surface area contributed by atoms with Gasteiger partial charge in [-0.3, -0.25) is 4.98 Å². The smallest absolute Gasteiger partial charge is 0.212 e. The van der Waals surface area contributed by atoms with E-state index in [0.717, 1.165) is 18.5 Å². The van der Waals surface area contributed by atoms with Crippen LogP contribution in [0.15, 0.2) is 24.4 Å². The minimum absolute atomic E-state index is 0.0479. The Kier molecular flexibility index (Phi) is 4.23. The van der Waals surface area contributed by atoms with Gasteiger partial charge in [0, 0.05) is 30.4 Å². The zero-order valence-electron chi connectivity index (χ0n) is 11.2. The zero-order valence-corrected chi connectivity index (χ0v) is 12.0. The number of nitrogens with two attached hydrogens (primary N) is 1. The monoisotopic (exact) mass is 283 g/mol. The Balaban J connectivity index is 1.95. The number of nitrogens with one attached hydrogen (secondary N) is 1. The van der Waals surface area contributed by atoms with Crippen molar-refractivity contribution in [1.82, 2.24) is 9.71 Å². The first-order valence-electron chi connectivity index (χ1n) is 6.57. The molecule has 1 aliphatic rings. The molecule has 0 aliphatic heterocycles. The van der Waals surface area contributed by atoms with Crippen molar-refractivity contribution in [1.29, 1.82) is 0 Å². The maximum atomic E-state index is 12.1. The highest BCUT2D eigenvalue weighted by Gasteiger charge is 2.42. The molecule has 1 aliphatic carbocycles. The van der Waals surface area contributed by atoms with Crippen LogP contribution in [0.4, 0.5) is 0 Å². The minimum Gasteiger partial charge on any atom is -0.329 e. The number of pyridine rings is 1. The largest absolute Gasteiger partial charge is 0.329 e. The number of sulfonamides is 1. The van der Waals surface area contributed by atoms with Gasteiger partial charge in [0.2, 0.25) is 10.0 Å². The number of nitrogens with zero attached hydrogens (tertiary/aromatic N) is 1. The van der Waals surface area contributed by atoms with Crippen LogP contribution in [0.5, 0.6) is 0 Å². The molecule has 0 bridgehead atoms. The highest BCUT2D eigenvalue weighted by Crippen LogP contribution is 2.39. The topological polar surface area (TPSA) is 85.1 Å². The normalized spacial score (nSPS) is 19.1. The second-order valence-corrected chi connectivity index (χ2v) is 7.23. The van der Waals surface area contributed by atoms with Gasteiger partial charge in [0.05, 0.1) is 5.75 Å². The third-order valence-corrected chi connectivity index (χ3v) is 5.16. The number of aromatic nitrogens is 1. The summed E-state index contributed by atoms with van der Waals surface area (Å²) in [6.07, 6.45) is 4.19. The lowest BCUT2D eigenvalue weighted by molar-refractivity contribution is 0.374. The van der Waals surface area contributed by atoms with Crippen LogP contribution in [-0.2, 0) is 16.4 Å². The fourth-order valence-electron chi connectivity index (χ4n) is 2.20. The van der Waals surface area contributed by atoms with Gasteiger partial charge >= 0.3 is 0 Å². The van der Waals surface area contributed by atoms with E-state index in [1.54, 1.807) is 6.20 Å². The van der Waals surface area contributed by atoms with Gasteiger partial charge in [-0.05, 0) is 37.8 Å². The standard InChI is InChI=1S/C13H21N3O2S/c1-13(10-14,11-5-6-11)16-19(17,18)9-7-12-4-2-3-8-15-12/h2-4,8,11,16H,5-7,9-10,14H2,1H3. The van der Waals surface area contributed by atoms with Crippen LogP contribution in [-0.4, -0.2) is 31.2 Å². The van der Waals surface area contributed by atoms with Crippen molar-refractivity contribution in [3.8, 4) is 0 Å². The quantitative estimate of drug-likeness (QED) is 0.770. The first-order valence-corrected chi connectivity index (χ1v) is 8.22. The fourth-order valence-corrected chi connectivity index (χ4v) is 3.74. The van der Waals surface area contributed by atoms with Crippen LogP contribution >= 0.6 is 0 Å². The number of hydrogen-bond donors (Lipinski definition) is 2. The van der Waals surface area contributed by atoms with Crippen molar-refractivity contribution in [2.75, 3.05) is 12.3 Å². The third-order valence-electron chi connectivity index (χ3n) is 3.64. The SMILES string of the molecule is CC(CN)(NS(=O)(=O)CCc1ccccn1)C1CC1. The van der Waals surface area contributed by atoms with Crippen molar-refractivity contribution in [3.63, 3.8) is 0 Å². The highest BCUT2D eigenvalue weighted by atomic mass is 32.2. The molecule has 2 rings (SSSR count). The molecule has 3 N–H and O–H groups in total. The van der Waals surface area contributed by atoms with Crippen molar-refractivity contribution in [2.45, 2.75) is 31.7 Å². The van der Waals surface area contributed by atoms with Crippen molar-refractivity contribution >= 4 is 10.0 Å². The molecule has 6 heteroatoms. The van der Waals surface area contributed by atoms with Crippen LogP contribution in [0.3, 0.4) is 0 Å². The van der Waals surface area contributed by atoms with Gasteiger partial charge in [-0.1, -0.05) is 6.07 Å². The van der Waals surface area contributed by atoms with Crippen molar-refractivity contribution in [3.05, 3.63) is 30.1 Å². The van der Waals surface area contributed by atoms with Crippen molar-refractivity contribution < 1.29 is 8.42 Å². The number of aryl methyl sites for hydroxylation is 1. The first kappa shape index (κ1) is 14.4. The van der Waals surface area contributed by atoms with Crippen LogP contribution < -0.4 is 10.5 Å². The summed E-state index contributed by atoms with van der Waals surface area (Å²) < 4.78 is 27.0. The maximum absolute atomic E-state index is 12.1. The highest BCUT2D eigenvalue weighted by molar-refractivity contribution is 7.89. The van der Waals surface area contributed by atoms with Gasteiger partial charge in [-0.15, -0.1) is 0 Å². The molecule has 0 saturated heterocycles. The van der Waals surface area contributed by atoms with Gasteiger partial charge < -0.3 is 5.73 Å². The van der Waals surface area contributed by atoms with Crippen LogP contribution in [0.25, 0.3) is 0 Å². The van der Waals surface area contributed by atoms with Crippen LogP contribution in [0.2, 0.25) is 0 Å². The summed E-state index contributed by atoms with van der Waals surface area (Å²) in [7, 11) is -3.32. The average Bonchev–Trinajstić information content (AvgIpc) is 3.22. The second kappa shape index (κ2) is 5.56. The molecule has 0 aromatic carbocycles. The zero-order chi connectivity index (χ0) is 13.9. The Labute approximate surface area is 114 Å². The molecule has 1 aromatic rings. The summed E-state index contributed by atoms with van der Waals surface area (Å²) in [5.74, 6) is 0.425. The fraction of sp³-hybridized carbons (Fsp3) is 0.615. The molecule has 106 valence electrons. The third kappa shape index (κ3) is 3.99. The molecule has 19 heavy (non-hydrogen) atoms. The summed E-state index contributed by atoms with van der Waals surface area (Å²) in [5, 5.41) is 0. The molecule has 0 amide bonds. The lowest BCUT2D eigenvalue weighted by Gasteiger charge is -2.29. The molecule has 0 radical (unpaired) electrons. The Hall–Kier alpha value is -0.980. The Bertz CT molecular complexity index is 514. The second-order valence-electron chi connectivity index (χ2n) is 5.39. The molecule has 1 aromatic heterocycles. The number of rotatable bonds is 7. The first-order chi connectivity index (χ1) is 8.95. The lowest BCUT2D eigenvalue weighted by atomic mass is 9.98. The predicted molar refractivity (Wildman–Crippen MR) is 75.0 cm³/mol. The van der Waals surface area contributed by atoms with E-state index in [2.05, 4.69) is 9.71 Å². The molecular formula is C13H21N3O2S. The summed E-state index contributed by atoms with van der Waals surface area (Å²) in [4.78, 5) is 4.13. The molecule has 1 fully saturated rings. The Morgan fingerprint density at radius 1 is 1.47 bits per heavy atom. The summed E-state index contributed by atoms with van der Waals surface area (Å²) in [6.45, 7) is 2.23. The van der Waals surface area contributed by atoms with E-state index in [4.69, 9.17) is 5.73 Å². The molecule has 1 saturated carbocycles. The summed E-state index contributed by atoms with van der Waals surface area (Å²) >= 11 is 0. The predicted octanol–water partition coefficient (Wildman–Crippen LogP) is 0.671. The van der Waals surface area contributed by atoms with E-state index < -0.39 is 15.6 Å². The van der Waals surface area contributed by atoms with Gasteiger partial charge in [-0.2, -0.15) is 0 Å². The van der Waals surface area contributed by atoms with E-state index in [1.807, 2.05) is 25.1 Å². The molecule has 5 nitrogen and oxygen atoms in total. The van der Waals surface area contributed by atoms with E-state index in [9.17, 15) is 8.42 Å². The summed E-state index contributed by atoms with van der Waals surface area (Å²) in [6, 6.07) is 5.50. The number of hydrogen-bond acceptors (Lipinski definition) is 4. The summed E-state index contributed by atoms with van der Waals surface area (Å²) in [5.41, 5.74) is 6.01. The van der Waals surface area contributed by atoms with E-state index >= 15 is 0 Å². The van der Waals surface area contributed by atoms with Crippen molar-refractivity contribution in [2.24, 2.45) is 11.7 Å². The molecule has 1 heterocycles. The maximum Gasteiger partial charge on any atom is 0.212 e. The molecule has 0 spiro atoms. The average molecular weight is 283 g/mol. The molecule has 1 atom stereocenters. The van der Waals surface area contributed by atoms with E-state index in [-0.39, 0.29) is 5.75 Å². The molecule has 1 unspecified atom stereocenters. The van der Waals surface area contributed by atoms with Crippen LogP contribution in [0.1, 0.15) is 25.5 Å². The van der Waals surface area contributed by atoms with E-state index in [0.29, 0.717) is 18.9 Å². The Morgan fingerprint density at radius 2 is 2.21 bits per heavy atom. The Morgan fingerprint density at radius 3 is 2.74 bits per heavy atom. The van der Waals surface area contributed by atoms with Gasteiger partial charge in [-0.25, -0.2) is 13.1 Å². The van der Waals surface area contributed by atoms with Gasteiger partial charge in [0.25, 0.3) is 0 Å². The minimum atomic E-state index is -3.32. The van der Waals surface area contributed by atoms with Gasteiger partial charge in [0.15, 0.2) is 0 Å². The lowest BCUT2D eigenvalue weighted by Crippen LogP contribution is -2.53. The van der Waals surface area contributed by atoms with Crippen LogP contribution in [0, 0.1) is 5.92 Å².